The number of ether oxygens (including phenoxy) is 2. The summed E-state index contributed by atoms with van der Waals surface area (Å²) in [4.78, 5) is 28.6. The molecule has 2 aliphatic heterocycles. The molecule has 5 rings (SSSR count). The van der Waals surface area contributed by atoms with Crippen molar-refractivity contribution in [2.75, 3.05) is 17.0 Å². The largest absolute Gasteiger partial charge is 0.454 e. The van der Waals surface area contributed by atoms with Crippen molar-refractivity contribution in [3.05, 3.63) is 88.6 Å². The molecular formula is C28H26N2O4. The van der Waals surface area contributed by atoms with E-state index in [0.717, 1.165) is 22.3 Å². The molecule has 34 heavy (non-hydrogen) atoms. The molecule has 0 saturated carbocycles. The van der Waals surface area contributed by atoms with Gasteiger partial charge in [0.05, 0.1) is 11.3 Å². The van der Waals surface area contributed by atoms with E-state index in [1.54, 1.807) is 18.2 Å². The molecule has 0 spiro atoms. The van der Waals surface area contributed by atoms with Crippen LogP contribution in [0.15, 0.2) is 66.4 Å². The SMILES string of the molecule is Cc1ccc(C2=C(Nc3ccc4c(c3)OCO4)C(=O)N(c3ccc(C(C)C)cc3)C2=O)c(C)c1. The molecule has 172 valence electrons. The van der Waals surface area contributed by atoms with Crippen LogP contribution in [0.4, 0.5) is 11.4 Å². The van der Waals surface area contributed by atoms with Gasteiger partial charge in [-0.15, -0.1) is 0 Å². The Morgan fingerprint density at radius 2 is 1.59 bits per heavy atom. The first kappa shape index (κ1) is 21.8. The molecule has 6 heteroatoms. The number of anilines is 2. The lowest BCUT2D eigenvalue weighted by Gasteiger charge is -2.17. The molecule has 2 aliphatic rings. The van der Waals surface area contributed by atoms with Crippen LogP contribution in [0.25, 0.3) is 5.57 Å². The van der Waals surface area contributed by atoms with E-state index in [-0.39, 0.29) is 18.4 Å². The van der Waals surface area contributed by atoms with Gasteiger partial charge in [0.15, 0.2) is 11.5 Å². The Morgan fingerprint density at radius 1 is 0.853 bits per heavy atom. The summed E-state index contributed by atoms with van der Waals surface area (Å²) in [7, 11) is 0. The maximum atomic E-state index is 13.7. The average molecular weight is 455 g/mol. The van der Waals surface area contributed by atoms with E-state index in [1.807, 2.05) is 56.3 Å². The lowest BCUT2D eigenvalue weighted by Crippen LogP contribution is -2.32. The van der Waals surface area contributed by atoms with Crippen molar-refractivity contribution in [1.82, 2.24) is 0 Å². The molecule has 0 aliphatic carbocycles. The summed E-state index contributed by atoms with van der Waals surface area (Å²) in [5.74, 6) is 0.852. The number of amides is 2. The van der Waals surface area contributed by atoms with Crippen molar-refractivity contribution in [2.45, 2.75) is 33.6 Å². The molecule has 6 nitrogen and oxygen atoms in total. The van der Waals surface area contributed by atoms with Crippen LogP contribution >= 0.6 is 0 Å². The second kappa shape index (κ2) is 8.37. The number of nitrogens with zero attached hydrogens (tertiary/aromatic N) is 1. The predicted octanol–water partition coefficient (Wildman–Crippen LogP) is 5.55. The fourth-order valence-electron chi connectivity index (χ4n) is 4.35. The Hall–Kier alpha value is -4.06. The molecule has 0 saturated heterocycles. The van der Waals surface area contributed by atoms with E-state index in [0.29, 0.717) is 34.4 Å². The number of fused-ring (bicyclic) bond motifs is 1. The van der Waals surface area contributed by atoms with Crippen molar-refractivity contribution < 1.29 is 19.1 Å². The molecule has 0 radical (unpaired) electrons. The molecule has 0 bridgehead atoms. The highest BCUT2D eigenvalue weighted by molar-refractivity contribution is 6.46. The maximum absolute atomic E-state index is 13.7. The van der Waals surface area contributed by atoms with E-state index < -0.39 is 5.91 Å². The molecule has 0 aromatic heterocycles. The monoisotopic (exact) mass is 454 g/mol. The number of benzene rings is 3. The second-order valence-corrected chi connectivity index (χ2v) is 8.95. The zero-order valence-corrected chi connectivity index (χ0v) is 19.6. The molecule has 3 aromatic carbocycles. The van der Waals surface area contributed by atoms with Gasteiger partial charge in [-0.3, -0.25) is 9.59 Å². The highest BCUT2D eigenvalue weighted by Gasteiger charge is 2.40. The predicted molar refractivity (Wildman–Crippen MR) is 132 cm³/mol. The van der Waals surface area contributed by atoms with Gasteiger partial charge in [-0.05, 0) is 60.7 Å². The first-order chi connectivity index (χ1) is 16.3. The minimum atomic E-state index is -0.394. The molecule has 0 atom stereocenters. The number of aryl methyl sites for hydroxylation is 2. The van der Waals surface area contributed by atoms with Crippen LogP contribution in [0, 0.1) is 13.8 Å². The summed E-state index contributed by atoms with van der Waals surface area (Å²) in [6.45, 7) is 8.32. The van der Waals surface area contributed by atoms with Gasteiger partial charge in [0.1, 0.15) is 5.70 Å². The van der Waals surface area contributed by atoms with Crippen molar-refractivity contribution in [2.24, 2.45) is 0 Å². The molecule has 2 amide bonds. The van der Waals surface area contributed by atoms with E-state index in [2.05, 4.69) is 19.2 Å². The third-order valence-corrected chi connectivity index (χ3v) is 6.20. The van der Waals surface area contributed by atoms with Crippen LogP contribution in [0.1, 0.15) is 42.0 Å². The molecule has 0 unspecified atom stereocenters. The zero-order valence-electron chi connectivity index (χ0n) is 19.6. The van der Waals surface area contributed by atoms with Gasteiger partial charge in [-0.2, -0.15) is 0 Å². The molecule has 1 N–H and O–H groups in total. The quantitative estimate of drug-likeness (QED) is 0.512. The van der Waals surface area contributed by atoms with E-state index in [4.69, 9.17) is 9.47 Å². The fraction of sp³-hybridized carbons (Fsp3) is 0.214. The number of imide groups is 1. The number of carbonyl (C=O) groups excluding carboxylic acids is 2. The van der Waals surface area contributed by atoms with Gasteiger partial charge in [-0.1, -0.05) is 49.7 Å². The molecule has 3 aromatic rings. The minimum Gasteiger partial charge on any atom is -0.454 e. The van der Waals surface area contributed by atoms with Crippen molar-refractivity contribution in [3.63, 3.8) is 0 Å². The van der Waals surface area contributed by atoms with Crippen LogP contribution < -0.4 is 19.7 Å². The number of hydrogen-bond donors (Lipinski definition) is 1. The lowest BCUT2D eigenvalue weighted by atomic mass is 9.97. The lowest BCUT2D eigenvalue weighted by molar-refractivity contribution is -0.120. The summed E-state index contributed by atoms with van der Waals surface area (Å²) >= 11 is 0. The summed E-state index contributed by atoms with van der Waals surface area (Å²) in [5, 5.41) is 3.20. The first-order valence-corrected chi connectivity index (χ1v) is 11.3. The highest BCUT2D eigenvalue weighted by atomic mass is 16.7. The van der Waals surface area contributed by atoms with Gasteiger partial charge in [0.25, 0.3) is 11.8 Å². The smallest absolute Gasteiger partial charge is 0.282 e. The fourth-order valence-corrected chi connectivity index (χ4v) is 4.35. The maximum Gasteiger partial charge on any atom is 0.282 e. The Balaban J connectivity index is 1.59. The first-order valence-electron chi connectivity index (χ1n) is 11.3. The van der Waals surface area contributed by atoms with Crippen LogP contribution in [0.2, 0.25) is 0 Å². The zero-order chi connectivity index (χ0) is 24.0. The van der Waals surface area contributed by atoms with Crippen molar-refractivity contribution in [1.29, 1.82) is 0 Å². The van der Waals surface area contributed by atoms with Crippen LogP contribution in [0.3, 0.4) is 0 Å². The van der Waals surface area contributed by atoms with Gasteiger partial charge >= 0.3 is 0 Å². The third kappa shape index (κ3) is 3.71. The van der Waals surface area contributed by atoms with E-state index in [9.17, 15) is 9.59 Å². The van der Waals surface area contributed by atoms with Gasteiger partial charge in [-0.25, -0.2) is 4.90 Å². The van der Waals surface area contributed by atoms with E-state index >= 15 is 0 Å². The number of rotatable bonds is 5. The Labute approximate surface area is 198 Å². The summed E-state index contributed by atoms with van der Waals surface area (Å²) in [5.41, 5.74) is 5.67. The van der Waals surface area contributed by atoms with Gasteiger partial charge in [0.2, 0.25) is 6.79 Å². The average Bonchev–Trinajstić information content (AvgIpc) is 3.36. The van der Waals surface area contributed by atoms with Gasteiger partial charge < -0.3 is 14.8 Å². The Kier molecular flexibility index (Phi) is 5.36. The van der Waals surface area contributed by atoms with Crippen LogP contribution in [-0.2, 0) is 9.59 Å². The number of nitrogens with one attached hydrogen (secondary N) is 1. The Bertz CT molecular complexity index is 1340. The second-order valence-electron chi connectivity index (χ2n) is 8.95. The highest BCUT2D eigenvalue weighted by Crippen LogP contribution is 2.38. The molecule has 0 fully saturated rings. The molecule has 2 heterocycles. The third-order valence-electron chi connectivity index (χ3n) is 6.20. The standard InChI is InChI=1S/C28H26N2O4/c1-16(2)19-6-9-21(10-7-19)30-27(31)25(22-11-5-17(3)13-18(22)4)26(28(30)32)29-20-8-12-23-24(14-20)34-15-33-23/h5-14,16,29H,15H2,1-4H3. The molecular weight excluding hydrogens is 428 g/mol. The summed E-state index contributed by atoms with van der Waals surface area (Å²) in [6.07, 6.45) is 0. The number of carbonyl (C=O) groups is 2. The van der Waals surface area contributed by atoms with Gasteiger partial charge in [0, 0.05) is 11.8 Å². The summed E-state index contributed by atoms with van der Waals surface area (Å²) < 4.78 is 10.9. The van der Waals surface area contributed by atoms with Crippen LogP contribution in [-0.4, -0.2) is 18.6 Å². The van der Waals surface area contributed by atoms with Crippen molar-refractivity contribution >= 4 is 28.8 Å². The van der Waals surface area contributed by atoms with Crippen LogP contribution in [0.5, 0.6) is 11.5 Å². The van der Waals surface area contributed by atoms with Crippen molar-refractivity contribution in [3.8, 4) is 11.5 Å². The Morgan fingerprint density at radius 3 is 2.29 bits per heavy atom. The normalized spacial score (nSPS) is 15.0. The minimum absolute atomic E-state index is 0.160. The van der Waals surface area contributed by atoms with E-state index in [1.165, 1.54) is 4.90 Å². The summed E-state index contributed by atoms with van der Waals surface area (Å²) in [6, 6.07) is 18.8. The number of hydrogen-bond acceptors (Lipinski definition) is 5. The topological polar surface area (TPSA) is 67.9 Å².